The van der Waals surface area contributed by atoms with E-state index in [1.807, 2.05) is 12.3 Å². The van der Waals surface area contributed by atoms with Crippen LogP contribution in [0.1, 0.15) is 41.4 Å². The Balaban J connectivity index is 1.82. The normalized spacial score (nSPS) is 17.5. The van der Waals surface area contributed by atoms with Crippen molar-refractivity contribution >= 4 is 49.9 Å². The zero-order valence-corrected chi connectivity index (χ0v) is 16.3. The van der Waals surface area contributed by atoms with Crippen LogP contribution in [0.15, 0.2) is 41.0 Å². The van der Waals surface area contributed by atoms with Gasteiger partial charge >= 0.3 is 0 Å². The van der Waals surface area contributed by atoms with E-state index in [9.17, 15) is 4.79 Å². The minimum atomic E-state index is -0.158. The Morgan fingerprint density at radius 3 is 2.88 bits per heavy atom. The van der Waals surface area contributed by atoms with Gasteiger partial charge in [-0.15, -0.1) is 0 Å². The average molecular weight is 435 g/mol. The quantitative estimate of drug-likeness (QED) is 0.467. The van der Waals surface area contributed by atoms with Gasteiger partial charge in [-0.2, -0.15) is 5.10 Å². The number of ether oxygens (including phenoxy) is 1. The van der Waals surface area contributed by atoms with E-state index < -0.39 is 0 Å². The number of hydrogen-bond donors (Lipinski definition) is 1. The molecule has 1 fully saturated rings. The molecular formula is C19H17BrClN3O2. The van der Waals surface area contributed by atoms with Crippen LogP contribution in [-0.2, 0) is 4.74 Å². The number of nitrogen functional groups attached to an aromatic ring is 1. The fraction of sp³-hybridized carbons (Fsp3) is 0.263. The molecule has 1 aliphatic rings. The number of hydrogen-bond acceptors (Lipinski definition) is 4. The zero-order valence-electron chi connectivity index (χ0n) is 13.9. The Bertz CT molecular complexity index is 996. The predicted octanol–water partition coefficient (Wildman–Crippen LogP) is 4.96. The molecule has 2 N–H and O–H groups in total. The zero-order chi connectivity index (χ0) is 18.3. The van der Waals surface area contributed by atoms with Crippen LogP contribution in [0.4, 0.5) is 5.69 Å². The molecule has 0 saturated carbocycles. The van der Waals surface area contributed by atoms with Crippen molar-refractivity contribution in [1.82, 2.24) is 9.78 Å². The fourth-order valence-corrected chi connectivity index (χ4v) is 3.80. The van der Waals surface area contributed by atoms with Gasteiger partial charge in [0.1, 0.15) is 11.7 Å². The first kappa shape index (κ1) is 17.5. The molecule has 5 nitrogen and oxygen atoms in total. The number of benzene rings is 2. The van der Waals surface area contributed by atoms with Crippen molar-refractivity contribution in [2.75, 3.05) is 12.3 Å². The van der Waals surface area contributed by atoms with Crippen LogP contribution in [0.2, 0.25) is 5.02 Å². The molecule has 134 valence electrons. The molecule has 0 bridgehead atoms. The van der Waals surface area contributed by atoms with Crippen molar-refractivity contribution < 1.29 is 9.53 Å². The monoisotopic (exact) mass is 433 g/mol. The smallest absolute Gasteiger partial charge is 0.195 e. The second-order valence-corrected chi connectivity index (χ2v) is 7.67. The Morgan fingerprint density at radius 2 is 2.12 bits per heavy atom. The van der Waals surface area contributed by atoms with E-state index in [1.54, 1.807) is 28.9 Å². The summed E-state index contributed by atoms with van der Waals surface area (Å²) in [6, 6.07) is 8.67. The van der Waals surface area contributed by atoms with Gasteiger partial charge in [-0.3, -0.25) is 4.79 Å². The van der Waals surface area contributed by atoms with E-state index in [0.717, 1.165) is 30.3 Å². The SMILES string of the molecule is Nc1ccc(Br)cc1C(=O)c1ccc(Cl)c2nn(C3CCCCO3)cc12. The second-order valence-electron chi connectivity index (χ2n) is 6.35. The lowest BCUT2D eigenvalue weighted by Gasteiger charge is -2.22. The minimum absolute atomic E-state index is 0.119. The Morgan fingerprint density at radius 1 is 1.27 bits per heavy atom. The number of carbonyl (C=O) groups is 1. The summed E-state index contributed by atoms with van der Waals surface area (Å²) in [6.07, 6.45) is 4.77. The van der Waals surface area contributed by atoms with Gasteiger partial charge in [0.15, 0.2) is 5.78 Å². The second kappa shape index (κ2) is 7.02. The predicted molar refractivity (Wildman–Crippen MR) is 106 cm³/mol. The third kappa shape index (κ3) is 3.13. The van der Waals surface area contributed by atoms with Crippen molar-refractivity contribution in [2.45, 2.75) is 25.5 Å². The summed E-state index contributed by atoms with van der Waals surface area (Å²) >= 11 is 9.72. The molecule has 0 amide bonds. The van der Waals surface area contributed by atoms with Crippen LogP contribution in [0.5, 0.6) is 0 Å². The maximum Gasteiger partial charge on any atom is 0.195 e. The number of carbonyl (C=O) groups excluding carboxylic acids is 1. The third-order valence-electron chi connectivity index (χ3n) is 4.60. The van der Waals surface area contributed by atoms with Crippen LogP contribution in [0.3, 0.4) is 0 Å². The molecule has 3 aromatic rings. The molecule has 1 saturated heterocycles. The topological polar surface area (TPSA) is 70.1 Å². The summed E-state index contributed by atoms with van der Waals surface area (Å²) in [5.41, 5.74) is 8.02. The molecule has 26 heavy (non-hydrogen) atoms. The van der Waals surface area contributed by atoms with Crippen molar-refractivity contribution in [3.63, 3.8) is 0 Å². The molecule has 4 rings (SSSR count). The summed E-state index contributed by atoms with van der Waals surface area (Å²) in [5, 5.41) is 5.79. The number of anilines is 1. The molecule has 0 spiro atoms. The van der Waals surface area contributed by atoms with Gasteiger partial charge in [-0.1, -0.05) is 27.5 Å². The highest BCUT2D eigenvalue weighted by Crippen LogP contribution is 2.31. The molecule has 7 heteroatoms. The van der Waals surface area contributed by atoms with Gasteiger partial charge in [0.25, 0.3) is 0 Å². The van der Waals surface area contributed by atoms with Crippen LogP contribution in [0.25, 0.3) is 10.9 Å². The van der Waals surface area contributed by atoms with Crippen molar-refractivity contribution in [2.24, 2.45) is 0 Å². The fourth-order valence-electron chi connectivity index (χ4n) is 3.24. The largest absolute Gasteiger partial charge is 0.398 e. The Hall–Kier alpha value is -1.89. The van der Waals surface area contributed by atoms with Crippen LogP contribution < -0.4 is 5.73 Å². The van der Waals surface area contributed by atoms with E-state index in [-0.39, 0.29) is 12.0 Å². The van der Waals surface area contributed by atoms with E-state index in [0.29, 0.717) is 32.7 Å². The molecule has 0 aliphatic carbocycles. The summed E-state index contributed by atoms with van der Waals surface area (Å²) in [4.78, 5) is 13.1. The summed E-state index contributed by atoms with van der Waals surface area (Å²) < 4.78 is 8.37. The van der Waals surface area contributed by atoms with Gasteiger partial charge in [0, 0.05) is 39.5 Å². The molecule has 2 heterocycles. The number of ketones is 1. The van der Waals surface area contributed by atoms with E-state index in [2.05, 4.69) is 21.0 Å². The molecule has 1 aromatic heterocycles. The molecule has 1 aliphatic heterocycles. The molecular weight excluding hydrogens is 418 g/mol. The van der Waals surface area contributed by atoms with Gasteiger partial charge in [-0.25, -0.2) is 4.68 Å². The summed E-state index contributed by atoms with van der Waals surface area (Å²) in [5.74, 6) is -0.158. The lowest BCUT2D eigenvalue weighted by atomic mass is 9.99. The number of aromatic nitrogens is 2. The van der Waals surface area contributed by atoms with E-state index >= 15 is 0 Å². The highest BCUT2D eigenvalue weighted by atomic mass is 79.9. The number of halogens is 2. The number of rotatable bonds is 3. The Labute approximate surface area is 164 Å². The van der Waals surface area contributed by atoms with Gasteiger partial charge in [0.2, 0.25) is 0 Å². The van der Waals surface area contributed by atoms with Crippen LogP contribution in [0, 0.1) is 0 Å². The van der Waals surface area contributed by atoms with E-state index in [1.165, 1.54) is 0 Å². The number of nitrogens with zero attached hydrogens (tertiary/aromatic N) is 2. The first-order chi connectivity index (χ1) is 12.5. The molecule has 2 aromatic carbocycles. The van der Waals surface area contributed by atoms with Gasteiger partial charge in [0.05, 0.1) is 5.02 Å². The lowest BCUT2D eigenvalue weighted by molar-refractivity contribution is -0.0390. The summed E-state index contributed by atoms with van der Waals surface area (Å²) in [7, 11) is 0. The highest BCUT2D eigenvalue weighted by molar-refractivity contribution is 9.10. The maximum atomic E-state index is 13.1. The number of fused-ring (bicyclic) bond motifs is 1. The van der Waals surface area contributed by atoms with Crippen molar-refractivity contribution in [3.05, 3.63) is 57.2 Å². The minimum Gasteiger partial charge on any atom is -0.398 e. The van der Waals surface area contributed by atoms with Gasteiger partial charge in [-0.05, 0) is 49.6 Å². The van der Waals surface area contributed by atoms with Gasteiger partial charge < -0.3 is 10.5 Å². The van der Waals surface area contributed by atoms with Crippen molar-refractivity contribution in [3.8, 4) is 0 Å². The first-order valence-electron chi connectivity index (χ1n) is 8.43. The molecule has 1 atom stereocenters. The van der Waals surface area contributed by atoms with E-state index in [4.69, 9.17) is 22.1 Å². The Kier molecular flexibility index (Phi) is 4.73. The van der Waals surface area contributed by atoms with Crippen molar-refractivity contribution in [1.29, 1.82) is 0 Å². The third-order valence-corrected chi connectivity index (χ3v) is 5.40. The standard InChI is InChI=1S/C19H17BrClN3O2/c20-11-4-7-16(22)13(9-11)19(25)12-5-6-15(21)18-14(12)10-24(23-18)17-3-1-2-8-26-17/h4-7,9-10,17H,1-3,8,22H2. The molecule has 0 radical (unpaired) electrons. The summed E-state index contributed by atoms with van der Waals surface area (Å²) in [6.45, 7) is 0.717. The average Bonchev–Trinajstić information content (AvgIpc) is 3.10. The lowest BCUT2D eigenvalue weighted by Crippen LogP contribution is -2.18. The van der Waals surface area contributed by atoms with Crippen LogP contribution in [-0.4, -0.2) is 22.2 Å². The van der Waals surface area contributed by atoms with Crippen LogP contribution >= 0.6 is 27.5 Å². The first-order valence-corrected chi connectivity index (χ1v) is 9.60. The molecule has 1 unspecified atom stereocenters. The highest BCUT2D eigenvalue weighted by Gasteiger charge is 2.22. The maximum absolute atomic E-state index is 13.1. The number of nitrogens with two attached hydrogens (primary N) is 1.